The molecule has 1 aromatic heterocycles. The van der Waals surface area contributed by atoms with Crippen molar-refractivity contribution in [3.63, 3.8) is 0 Å². The van der Waals surface area contributed by atoms with Crippen molar-refractivity contribution in [1.29, 1.82) is 0 Å². The van der Waals surface area contributed by atoms with Gasteiger partial charge in [-0.1, -0.05) is 13.8 Å². The molecular weight excluding hydrogens is 240 g/mol. The minimum absolute atomic E-state index is 0.102. The van der Waals surface area contributed by atoms with Crippen LogP contribution >= 0.6 is 11.6 Å². The Balaban J connectivity index is 2.51. The standard InChI is InChI=1S/C12H19ClN2O2/c1-8(2)10(14)4-6-15(3)12(16)9-5-7-17-11(9)13/h5,7-8,10H,4,6,14H2,1-3H3. The largest absolute Gasteiger partial charge is 0.452 e. The number of carbonyl (C=O) groups is 1. The van der Waals surface area contributed by atoms with Gasteiger partial charge in [0.1, 0.15) is 0 Å². The summed E-state index contributed by atoms with van der Waals surface area (Å²) in [6.07, 6.45) is 2.18. The summed E-state index contributed by atoms with van der Waals surface area (Å²) in [6.45, 7) is 4.75. The second-order valence-corrected chi connectivity index (χ2v) is 4.87. The number of nitrogens with zero attached hydrogens (tertiary/aromatic N) is 1. The molecule has 1 unspecified atom stereocenters. The number of rotatable bonds is 5. The maximum absolute atomic E-state index is 11.9. The Labute approximate surface area is 107 Å². The first-order chi connectivity index (χ1) is 7.93. The number of carbonyl (C=O) groups excluding carboxylic acids is 1. The molecule has 17 heavy (non-hydrogen) atoms. The van der Waals surface area contributed by atoms with Crippen molar-refractivity contribution in [3.8, 4) is 0 Å². The van der Waals surface area contributed by atoms with Crippen molar-refractivity contribution in [2.45, 2.75) is 26.3 Å². The maximum atomic E-state index is 11.9. The van der Waals surface area contributed by atoms with E-state index in [-0.39, 0.29) is 17.2 Å². The van der Waals surface area contributed by atoms with Gasteiger partial charge in [0.15, 0.2) is 0 Å². The van der Waals surface area contributed by atoms with E-state index < -0.39 is 0 Å². The number of nitrogens with two attached hydrogens (primary N) is 1. The van der Waals surface area contributed by atoms with Gasteiger partial charge in [-0.25, -0.2) is 0 Å². The van der Waals surface area contributed by atoms with Gasteiger partial charge in [-0.2, -0.15) is 0 Å². The van der Waals surface area contributed by atoms with Crippen LogP contribution in [0.5, 0.6) is 0 Å². The molecule has 0 aliphatic rings. The lowest BCUT2D eigenvalue weighted by Gasteiger charge is -2.21. The zero-order valence-corrected chi connectivity index (χ0v) is 11.2. The van der Waals surface area contributed by atoms with Crippen LogP contribution in [0.1, 0.15) is 30.6 Å². The predicted molar refractivity (Wildman–Crippen MR) is 68.1 cm³/mol. The van der Waals surface area contributed by atoms with Crippen LogP contribution in [0, 0.1) is 5.92 Å². The lowest BCUT2D eigenvalue weighted by molar-refractivity contribution is 0.0788. The number of amides is 1. The molecule has 0 fully saturated rings. The summed E-state index contributed by atoms with van der Waals surface area (Å²) >= 11 is 5.75. The Morgan fingerprint density at radius 2 is 2.24 bits per heavy atom. The Morgan fingerprint density at radius 3 is 2.71 bits per heavy atom. The van der Waals surface area contributed by atoms with Gasteiger partial charge in [-0.05, 0) is 30.0 Å². The van der Waals surface area contributed by atoms with Gasteiger partial charge in [-0.3, -0.25) is 4.79 Å². The molecule has 5 heteroatoms. The summed E-state index contributed by atoms with van der Waals surface area (Å²) in [7, 11) is 1.73. The average molecular weight is 259 g/mol. The lowest BCUT2D eigenvalue weighted by atomic mass is 10.0. The van der Waals surface area contributed by atoms with E-state index in [2.05, 4.69) is 13.8 Å². The predicted octanol–water partition coefficient (Wildman–Crippen LogP) is 2.38. The van der Waals surface area contributed by atoms with E-state index in [9.17, 15) is 4.79 Å². The van der Waals surface area contributed by atoms with E-state index in [0.717, 1.165) is 6.42 Å². The second-order valence-electron chi connectivity index (χ2n) is 4.53. The van der Waals surface area contributed by atoms with Crippen LogP contribution in [0.3, 0.4) is 0 Å². The molecule has 1 atom stereocenters. The summed E-state index contributed by atoms with van der Waals surface area (Å²) in [5.41, 5.74) is 6.33. The number of halogens is 1. The van der Waals surface area contributed by atoms with Gasteiger partial charge >= 0.3 is 0 Å². The highest BCUT2D eigenvalue weighted by molar-refractivity contribution is 6.32. The van der Waals surface area contributed by atoms with Gasteiger partial charge in [-0.15, -0.1) is 0 Å². The fourth-order valence-electron chi connectivity index (χ4n) is 1.43. The first-order valence-corrected chi connectivity index (χ1v) is 6.05. The molecule has 1 heterocycles. The molecule has 0 bridgehead atoms. The smallest absolute Gasteiger partial charge is 0.258 e. The van der Waals surface area contributed by atoms with Gasteiger partial charge in [0.2, 0.25) is 5.22 Å². The molecule has 0 spiro atoms. The molecule has 0 saturated carbocycles. The van der Waals surface area contributed by atoms with E-state index in [1.54, 1.807) is 18.0 Å². The summed E-state index contributed by atoms with van der Waals surface area (Å²) < 4.78 is 4.89. The zero-order chi connectivity index (χ0) is 13.0. The summed E-state index contributed by atoms with van der Waals surface area (Å²) in [5.74, 6) is 0.274. The van der Waals surface area contributed by atoms with Gasteiger partial charge in [0.25, 0.3) is 5.91 Å². The van der Waals surface area contributed by atoms with Crippen LogP contribution in [0.4, 0.5) is 0 Å². The molecule has 0 radical (unpaired) electrons. The third-order valence-corrected chi connectivity index (χ3v) is 3.14. The van der Waals surface area contributed by atoms with E-state index in [1.807, 2.05) is 0 Å². The number of hydrogen-bond acceptors (Lipinski definition) is 3. The lowest BCUT2D eigenvalue weighted by Crippen LogP contribution is -2.34. The van der Waals surface area contributed by atoms with E-state index >= 15 is 0 Å². The molecule has 1 amide bonds. The maximum Gasteiger partial charge on any atom is 0.258 e. The van der Waals surface area contributed by atoms with Gasteiger partial charge < -0.3 is 15.1 Å². The Bertz CT molecular complexity index is 376. The van der Waals surface area contributed by atoms with Crippen LogP contribution < -0.4 is 5.73 Å². The third kappa shape index (κ3) is 3.75. The topological polar surface area (TPSA) is 59.5 Å². The summed E-state index contributed by atoms with van der Waals surface area (Å²) in [5, 5.41) is 0.134. The summed E-state index contributed by atoms with van der Waals surface area (Å²) in [4.78, 5) is 13.6. The van der Waals surface area contributed by atoms with Crippen molar-refractivity contribution in [2.75, 3.05) is 13.6 Å². The first-order valence-electron chi connectivity index (χ1n) is 5.67. The van der Waals surface area contributed by atoms with Crippen LogP contribution in [0.2, 0.25) is 5.22 Å². The first kappa shape index (κ1) is 14.1. The van der Waals surface area contributed by atoms with Crippen LogP contribution in [-0.2, 0) is 0 Å². The zero-order valence-electron chi connectivity index (χ0n) is 10.4. The monoisotopic (exact) mass is 258 g/mol. The van der Waals surface area contributed by atoms with E-state index in [0.29, 0.717) is 18.0 Å². The van der Waals surface area contributed by atoms with Crippen molar-refractivity contribution in [2.24, 2.45) is 11.7 Å². The molecule has 2 N–H and O–H groups in total. The molecule has 1 rings (SSSR count). The van der Waals surface area contributed by atoms with Gasteiger partial charge in [0.05, 0.1) is 11.8 Å². The minimum Gasteiger partial charge on any atom is -0.452 e. The summed E-state index contributed by atoms with van der Waals surface area (Å²) in [6, 6.07) is 1.67. The highest BCUT2D eigenvalue weighted by Crippen LogP contribution is 2.18. The molecule has 0 saturated heterocycles. The minimum atomic E-state index is -0.139. The normalized spacial score (nSPS) is 12.8. The van der Waals surface area contributed by atoms with E-state index in [4.69, 9.17) is 21.8 Å². The quantitative estimate of drug-likeness (QED) is 0.882. The number of furan rings is 1. The molecule has 1 aromatic rings. The molecule has 0 aliphatic heterocycles. The van der Waals surface area contributed by atoms with Crippen molar-refractivity contribution < 1.29 is 9.21 Å². The second kappa shape index (κ2) is 6.07. The Hall–Kier alpha value is -1.00. The van der Waals surface area contributed by atoms with Crippen molar-refractivity contribution in [3.05, 3.63) is 23.1 Å². The van der Waals surface area contributed by atoms with E-state index in [1.165, 1.54) is 6.26 Å². The highest BCUT2D eigenvalue weighted by atomic mass is 35.5. The van der Waals surface area contributed by atoms with Crippen LogP contribution in [0.25, 0.3) is 0 Å². The SMILES string of the molecule is CC(C)C(N)CCN(C)C(=O)c1ccoc1Cl. The van der Waals surface area contributed by atoms with Gasteiger partial charge in [0, 0.05) is 19.6 Å². The molecule has 0 aromatic carbocycles. The van der Waals surface area contributed by atoms with Crippen molar-refractivity contribution in [1.82, 2.24) is 4.90 Å². The fraction of sp³-hybridized carbons (Fsp3) is 0.583. The third-order valence-electron chi connectivity index (χ3n) is 2.85. The highest BCUT2D eigenvalue weighted by Gasteiger charge is 2.18. The molecule has 0 aliphatic carbocycles. The Kier molecular flexibility index (Phi) is 5.02. The average Bonchev–Trinajstić information content (AvgIpc) is 2.70. The van der Waals surface area contributed by atoms with Crippen LogP contribution in [-0.4, -0.2) is 30.4 Å². The Morgan fingerprint density at radius 1 is 1.59 bits per heavy atom. The molecule has 96 valence electrons. The fourth-order valence-corrected chi connectivity index (χ4v) is 1.62. The number of hydrogen-bond donors (Lipinski definition) is 1. The van der Waals surface area contributed by atoms with Crippen LogP contribution in [0.15, 0.2) is 16.7 Å². The van der Waals surface area contributed by atoms with Crippen molar-refractivity contribution >= 4 is 17.5 Å². The molecule has 4 nitrogen and oxygen atoms in total. The molecular formula is C12H19ClN2O2.